The third-order valence-corrected chi connectivity index (χ3v) is 11.5. The van der Waals surface area contributed by atoms with Crippen LogP contribution >= 0.6 is 11.8 Å². The zero-order valence-corrected chi connectivity index (χ0v) is 32.5. The molecule has 0 saturated heterocycles. The molecule has 0 N–H and O–H groups in total. The molecular weight excluding hydrogens is 601 g/mol. The van der Waals surface area contributed by atoms with Gasteiger partial charge in [-0.2, -0.15) is 0 Å². The maximum absolute atomic E-state index is 11.7. The van der Waals surface area contributed by atoms with E-state index in [2.05, 4.69) is 13.8 Å². The number of carboxylic acids is 2. The average molecular weight is 681 g/mol. The molecule has 280 valence electrons. The van der Waals surface area contributed by atoms with Gasteiger partial charge in [-0.3, -0.25) is 0 Å². The first-order valence-corrected chi connectivity index (χ1v) is 22.0. The van der Waals surface area contributed by atoms with Crippen LogP contribution in [-0.4, -0.2) is 22.4 Å². The molecule has 0 aromatic heterocycles. The summed E-state index contributed by atoms with van der Waals surface area (Å²) in [5, 5.41) is 22.0. The van der Waals surface area contributed by atoms with Crippen LogP contribution in [0.5, 0.6) is 0 Å². The van der Waals surface area contributed by atoms with Crippen molar-refractivity contribution in [3.05, 3.63) is 0 Å². The Morgan fingerprint density at radius 1 is 0.340 bits per heavy atom. The van der Waals surface area contributed by atoms with Gasteiger partial charge in [0.1, 0.15) is 0 Å². The molecule has 0 rings (SSSR count). The minimum absolute atomic E-state index is 0.494. The summed E-state index contributed by atoms with van der Waals surface area (Å²) in [5.74, 6) is -2.25. The van der Waals surface area contributed by atoms with E-state index >= 15 is 0 Å². The van der Waals surface area contributed by atoms with Crippen LogP contribution in [0.1, 0.15) is 245 Å². The van der Waals surface area contributed by atoms with Crippen LogP contribution in [0.4, 0.5) is 0 Å². The summed E-state index contributed by atoms with van der Waals surface area (Å²) < 4.78 is 0. The summed E-state index contributed by atoms with van der Waals surface area (Å²) >= 11 is 1.06. The number of rotatable bonds is 40. The number of hydrogen-bond donors (Lipinski definition) is 0. The summed E-state index contributed by atoms with van der Waals surface area (Å²) in [6.07, 6.45) is 45.0. The lowest BCUT2D eigenvalue weighted by Gasteiger charge is -2.25. The number of unbranched alkanes of at least 4 members (excludes halogenated alkanes) is 32. The fraction of sp³-hybridized carbons (Fsp3) is 0.952. The number of aliphatic carboxylic acids is 2. The summed E-state index contributed by atoms with van der Waals surface area (Å²) in [7, 11) is 0. The van der Waals surface area contributed by atoms with E-state index in [1.807, 2.05) is 0 Å². The number of thioether (sulfide) groups is 1. The van der Waals surface area contributed by atoms with Crippen LogP contribution in [0.15, 0.2) is 0 Å². The monoisotopic (exact) mass is 681 g/mol. The lowest BCUT2D eigenvalue weighted by atomic mass is 10.0. The molecule has 0 amide bonds. The summed E-state index contributed by atoms with van der Waals surface area (Å²) in [5.41, 5.74) is 0. The second-order valence-corrected chi connectivity index (χ2v) is 16.1. The normalized spacial score (nSPS) is 12.8. The second-order valence-electron chi connectivity index (χ2n) is 14.6. The van der Waals surface area contributed by atoms with Gasteiger partial charge in [0.2, 0.25) is 0 Å². The summed E-state index contributed by atoms with van der Waals surface area (Å²) in [6, 6.07) is 0. The van der Waals surface area contributed by atoms with Crippen molar-refractivity contribution in [3.8, 4) is 0 Å². The van der Waals surface area contributed by atoms with Gasteiger partial charge >= 0.3 is 0 Å². The Morgan fingerprint density at radius 3 is 0.681 bits per heavy atom. The Balaban J connectivity index is 3.70. The Labute approximate surface area is 298 Å². The molecule has 4 nitrogen and oxygen atoms in total. The molecule has 0 aromatic carbocycles. The first-order chi connectivity index (χ1) is 23.0. The minimum Gasteiger partial charge on any atom is -0.549 e. The Bertz CT molecular complexity index is 601. The molecule has 0 fully saturated rings. The molecule has 2 atom stereocenters. The highest BCUT2D eigenvalue weighted by Gasteiger charge is 2.19. The highest BCUT2D eigenvalue weighted by molar-refractivity contribution is 8.01. The fourth-order valence-electron chi connectivity index (χ4n) is 6.79. The number of hydrogen-bond acceptors (Lipinski definition) is 5. The number of carbonyl (C=O) groups excluding carboxylic acids is 2. The van der Waals surface area contributed by atoms with Crippen molar-refractivity contribution in [3.63, 3.8) is 0 Å². The van der Waals surface area contributed by atoms with Crippen LogP contribution in [0.3, 0.4) is 0 Å². The Hall–Kier alpha value is -0.710. The lowest BCUT2D eigenvalue weighted by Crippen LogP contribution is -2.39. The van der Waals surface area contributed by atoms with Gasteiger partial charge in [0.25, 0.3) is 0 Å². The van der Waals surface area contributed by atoms with Gasteiger partial charge in [-0.1, -0.05) is 232 Å². The molecule has 0 aliphatic heterocycles. The highest BCUT2D eigenvalue weighted by atomic mass is 32.2. The molecule has 0 aliphatic rings. The fourth-order valence-corrected chi connectivity index (χ4v) is 8.01. The first kappa shape index (κ1) is 46.3. The van der Waals surface area contributed by atoms with Gasteiger partial charge in [-0.05, 0) is 12.8 Å². The second kappa shape index (κ2) is 38.1. The standard InChI is InChI=1S/C42H82O4S/c1-3-5-7-9-11-13-15-17-19-21-23-25-27-29-31-33-35-37-39(41(43)44)47-40(42(45)46)38-36-34-32-30-28-26-24-22-20-18-16-14-12-10-8-6-4-2/h39-40H,3-38H2,1-2H3,(H,43,44)(H,45,46)/p-2. The van der Waals surface area contributed by atoms with Crippen LogP contribution in [0.25, 0.3) is 0 Å². The molecule has 0 aliphatic carbocycles. The quantitative estimate of drug-likeness (QED) is 0.0602. The van der Waals surface area contributed by atoms with Crippen molar-refractivity contribution in [2.24, 2.45) is 0 Å². The van der Waals surface area contributed by atoms with E-state index in [4.69, 9.17) is 0 Å². The largest absolute Gasteiger partial charge is 0.549 e. The molecule has 0 aromatic rings. The molecule has 0 saturated carbocycles. The molecule has 0 heterocycles. The van der Waals surface area contributed by atoms with Crippen molar-refractivity contribution in [1.82, 2.24) is 0 Å². The van der Waals surface area contributed by atoms with Gasteiger partial charge in [-0.25, -0.2) is 0 Å². The van der Waals surface area contributed by atoms with E-state index in [-0.39, 0.29) is 0 Å². The predicted octanol–water partition coefficient (Wildman–Crippen LogP) is 12.0. The van der Waals surface area contributed by atoms with Gasteiger partial charge in [0.05, 0.1) is 11.9 Å². The van der Waals surface area contributed by atoms with E-state index in [9.17, 15) is 19.8 Å². The third-order valence-electron chi connectivity index (χ3n) is 9.99. The van der Waals surface area contributed by atoms with Gasteiger partial charge in [-0.15, -0.1) is 11.8 Å². The first-order valence-electron chi connectivity index (χ1n) is 21.1. The van der Waals surface area contributed by atoms with Crippen molar-refractivity contribution >= 4 is 23.7 Å². The van der Waals surface area contributed by atoms with Crippen molar-refractivity contribution in [2.45, 2.75) is 255 Å². The topological polar surface area (TPSA) is 80.3 Å². The molecule has 0 radical (unpaired) electrons. The number of carbonyl (C=O) groups is 2. The zero-order valence-electron chi connectivity index (χ0n) is 31.7. The maximum atomic E-state index is 11.7. The van der Waals surface area contributed by atoms with E-state index in [0.717, 1.165) is 50.3 Å². The van der Waals surface area contributed by atoms with Gasteiger partial charge < -0.3 is 19.8 Å². The summed E-state index contributed by atoms with van der Waals surface area (Å²) in [4.78, 5) is 23.5. The molecule has 0 spiro atoms. The van der Waals surface area contributed by atoms with E-state index in [1.54, 1.807) is 0 Å². The highest BCUT2D eigenvalue weighted by Crippen LogP contribution is 2.27. The number of carboxylic acid groups (broad SMARTS) is 2. The predicted molar refractivity (Wildman–Crippen MR) is 203 cm³/mol. The van der Waals surface area contributed by atoms with E-state index < -0.39 is 22.4 Å². The van der Waals surface area contributed by atoms with E-state index in [1.165, 1.54) is 180 Å². The molecule has 5 heteroatoms. The van der Waals surface area contributed by atoms with Crippen molar-refractivity contribution < 1.29 is 19.8 Å². The van der Waals surface area contributed by atoms with Crippen LogP contribution in [0.2, 0.25) is 0 Å². The molecule has 47 heavy (non-hydrogen) atoms. The SMILES string of the molecule is CCCCCCCCCCCCCCCCCCCC(SC(CCCCCCCCCCCCCCCCCCC)C(=O)[O-])C(=O)[O-]. The lowest BCUT2D eigenvalue weighted by molar-refractivity contribution is -0.305. The van der Waals surface area contributed by atoms with Crippen molar-refractivity contribution in [1.29, 1.82) is 0 Å². The smallest absolute Gasteiger partial charge is 0.0544 e. The van der Waals surface area contributed by atoms with Crippen LogP contribution in [0, 0.1) is 0 Å². The van der Waals surface area contributed by atoms with Crippen molar-refractivity contribution in [2.75, 3.05) is 0 Å². The zero-order chi connectivity index (χ0) is 34.5. The van der Waals surface area contributed by atoms with Gasteiger partial charge in [0.15, 0.2) is 0 Å². The minimum atomic E-state index is -1.12. The van der Waals surface area contributed by atoms with Crippen LogP contribution in [-0.2, 0) is 9.59 Å². The van der Waals surface area contributed by atoms with Crippen LogP contribution < -0.4 is 10.2 Å². The Morgan fingerprint density at radius 2 is 0.511 bits per heavy atom. The van der Waals surface area contributed by atoms with E-state index in [0.29, 0.717) is 12.8 Å². The molecular formula is C42H80O4S-2. The third kappa shape index (κ3) is 34.9. The Kier molecular flexibility index (Phi) is 37.5. The average Bonchev–Trinajstić information content (AvgIpc) is 3.05. The summed E-state index contributed by atoms with van der Waals surface area (Å²) in [6.45, 7) is 4.55. The van der Waals surface area contributed by atoms with Gasteiger partial charge in [0, 0.05) is 10.5 Å². The molecule has 0 bridgehead atoms. The molecule has 2 unspecified atom stereocenters. The maximum Gasteiger partial charge on any atom is 0.0544 e.